The van der Waals surface area contributed by atoms with Crippen LogP contribution in [0, 0.1) is 0 Å². The molecule has 1 aromatic carbocycles. The van der Waals surface area contributed by atoms with E-state index in [1.807, 2.05) is 36.0 Å². The van der Waals surface area contributed by atoms with Gasteiger partial charge in [0.1, 0.15) is 0 Å². The second-order valence-corrected chi connectivity index (χ2v) is 4.71. The smallest absolute Gasteiger partial charge is 0.201 e. The van der Waals surface area contributed by atoms with Crippen LogP contribution in [0.15, 0.2) is 24.3 Å². The van der Waals surface area contributed by atoms with Crippen molar-refractivity contribution in [1.82, 2.24) is 9.97 Å². The average Bonchev–Trinajstić information content (AvgIpc) is 2.71. The molecule has 0 radical (unpaired) electrons. The van der Waals surface area contributed by atoms with E-state index in [4.69, 9.17) is 0 Å². The van der Waals surface area contributed by atoms with Crippen LogP contribution in [0.5, 0.6) is 0 Å². The third-order valence-corrected chi connectivity index (χ3v) is 3.15. The first-order chi connectivity index (χ1) is 7.90. The molecule has 2 rings (SSSR count). The van der Waals surface area contributed by atoms with Gasteiger partial charge in [-0.3, -0.25) is 0 Å². The normalized spacial score (nSPS) is 10.8. The number of nitrogens with one attached hydrogen (secondary N) is 2. The fraction of sp³-hybridized carbons (Fsp3) is 0.417. The van der Waals surface area contributed by atoms with Crippen molar-refractivity contribution >= 4 is 28.7 Å². The number of fused-ring (bicyclic) bond motifs is 1. The predicted molar refractivity (Wildman–Crippen MR) is 72.2 cm³/mol. The number of hydrogen-bond donors (Lipinski definition) is 2. The topological polar surface area (TPSA) is 40.7 Å². The van der Waals surface area contributed by atoms with E-state index in [9.17, 15) is 0 Å². The SMILES string of the molecule is CSCCCCNc1nc2ccccc2[nH]1. The Hall–Kier alpha value is -1.16. The highest BCUT2D eigenvalue weighted by Gasteiger charge is 1.99. The third kappa shape index (κ3) is 2.92. The molecule has 0 amide bonds. The summed E-state index contributed by atoms with van der Waals surface area (Å²) in [5.41, 5.74) is 2.11. The molecule has 0 atom stereocenters. The first kappa shape index (κ1) is 11.3. The van der Waals surface area contributed by atoms with Gasteiger partial charge in [-0.05, 0) is 37.0 Å². The quantitative estimate of drug-likeness (QED) is 0.756. The molecule has 86 valence electrons. The third-order valence-electron chi connectivity index (χ3n) is 2.46. The number of anilines is 1. The lowest BCUT2D eigenvalue weighted by Gasteiger charge is -2.01. The molecule has 2 aromatic rings. The van der Waals surface area contributed by atoms with Crippen molar-refractivity contribution in [3.8, 4) is 0 Å². The summed E-state index contributed by atoms with van der Waals surface area (Å²) in [6.07, 6.45) is 4.60. The minimum Gasteiger partial charge on any atom is -0.356 e. The number of H-pyrrole nitrogens is 1. The zero-order valence-corrected chi connectivity index (χ0v) is 10.3. The van der Waals surface area contributed by atoms with Crippen LogP contribution < -0.4 is 5.32 Å². The number of rotatable bonds is 6. The Morgan fingerprint density at radius 2 is 2.19 bits per heavy atom. The minimum atomic E-state index is 0.880. The highest BCUT2D eigenvalue weighted by atomic mass is 32.2. The molecule has 4 heteroatoms. The lowest BCUT2D eigenvalue weighted by Crippen LogP contribution is -2.03. The summed E-state index contributed by atoms with van der Waals surface area (Å²) in [6.45, 7) is 0.986. The van der Waals surface area contributed by atoms with Gasteiger partial charge in [0.15, 0.2) is 0 Å². The summed E-state index contributed by atoms with van der Waals surface area (Å²) in [4.78, 5) is 7.72. The van der Waals surface area contributed by atoms with E-state index in [0.717, 1.165) is 23.5 Å². The summed E-state index contributed by atoms with van der Waals surface area (Å²) < 4.78 is 0. The second kappa shape index (κ2) is 5.80. The molecule has 0 aliphatic rings. The molecule has 16 heavy (non-hydrogen) atoms. The molecule has 3 nitrogen and oxygen atoms in total. The first-order valence-corrected chi connectivity index (χ1v) is 6.97. The Kier molecular flexibility index (Phi) is 4.10. The van der Waals surface area contributed by atoms with E-state index in [0.29, 0.717) is 0 Å². The molecule has 0 unspecified atom stereocenters. The van der Waals surface area contributed by atoms with Gasteiger partial charge in [0.05, 0.1) is 11.0 Å². The van der Waals surface area contributed by atoms with Crippen molar-refractivity contribution < 1.29 is 0 Å². The highest BCUT2D eigenvalue weighted by Crippen LogP contribution is 2.13. The number of aromatic amines is 1. The molecule has 1 aromatic heterocycles. The van der Waals surface area contributed by atoms with Crippen LogP contribution in [0.3, 0.4) is 0 Å². The van der Waals surface area contributed by atoms with Gasteiger partial charge in [-0.2, -0.15) is 11.8 Å². The minimum absolute atomic E-state index is 0.880. The number of hydrogen-bond acceptors (Lipinski definition) is 3. The molecular weight excluding hydrogens is 218 g/mol. The van der Waals surface area contributed by atoms with Gasteiger partial charge in [-0.25, -0.2) is 4.98 Å². The summed E-state index contributed by atoms with van der Waals surface area (Å²) in [6, 6.07) is 8.08. The zero-order valence-electron chi connectivity index (χ0n) is 9.49. The van der Waals surface area contributed by atoms with Crippen molar-refractivity contribution in [3.05, 3.63) is 24.3 Å². The number of imidazole rings is 1. The summed E-state index contributed by atoms with van der Waals surface area (Å²) in [5, 5.41) is 3.32. The molecule has 0 spiro atoms. The summed E-state index contributed by atoms with van der Waals surface area (Å²) >= 11 is 1.90. The molecule has 0 aliphatic carbocycles. The van der Waals surface area contributed by atoms with Crippen LogP contribution in [0.4, 0.5) is 5.95 Å². The van der Waals surface area contributed by atoms with E-state index >= 15 is 0 Å². The fourth-order valence-electron chi connectivity index (χ4n) is 1.61. The zero-order chi connectivity index (χ0) is 11.2. The van der Waals surface area contributed by atoms with Crippen LogP contribution in [0.1, 0.15) is 12.8 Å². The van der Waals surface area contributed by atoms with Gasteiger partial charge >= 0.3 is 0 Å². The maximum Gasteiger partial charge on any atom is 0.201 e. The van der Waals surface area contributed by atoms with Crippen LogP contribution >= 0.6 is 11.8 Å². The van der Waals surface area contributed by atoms with Gasteiger partial charge in [-0.15, -0.1) is 0 Å². The molecule has 0 bridgehead atoms. The second-order valence-electron chi connectivity index (χ2n) is 3.73. The molecule has 0 saturated heterocycles. The summed E-state index contributed by atoms with van der Waals surface area (Å²) in [7, 11) is 0. The number of nitrogens with zero attached hydrogens (tertiary/aromatic N) is 1. The van der Waals surface area contributed by atoms with Crippen molar-refractivity contribution in [2.45, 2.75) is 12.8 Å². The number of thioether (sulfide) groups is 1. The van der Waals surface area contributed by atoms with E-state index in [1.165, 1.54) is 18.6 Å². The Morgan fingerprint density at radius 3 is 3.00 bits per heavy atom. The van der Waals surface area contributed by atoms with E-state index in [-0.39, 0.29) is 0 Å². The lowest BCUT2D eigenvalue weighted by atomic mass is 10.3. The molecule has 1 heterocycles. The van der Waals surface area contributed by atoms with Gasteiger partial charge in [0, 0.05) is 6.54 Å². The maximum absolute atomic E-state index is 4.46. The van der Waals surface area contributed by atoms with Crippen LogP contribution in [-0.2, 0) is 0 Å². The number of aromatic nitrogens is 2. The Bertz CT molecular complexity index is 406. The predicted octanol–water partition coefficient (Wildman–Crippen LogP) is 3.12. The lowest BCUT2D eigenvalue weighted by molar-refractivity contribution is 0.837. The average molecular weight is 235 g/mol. The van der Waals surface area contributed by atoms with Gasteiger partial charge < -0.3 is 10.3 Å². The van der Waals surface area contributed by atoms with Crippen LogP contribution in [-0.4, -0.2) is 28.5 Å². The van der Waals surface area contributed by atoms with Crippen LogP contribution in [0.2, 0.25) is 0 Å². The molecular formula is C12H17N3S. The van der Waals surface area contributed by atoms with Gasteiger partial charge in [0.2, 0.25) is 5.95 Å². The maximum atomic E-state index is 4.46. The molecule has 2 N–H and O–H groups in total. The molecule has 0 saturated carbocycles. The first-order valence-electron chi connectivity index (χ1n) is 5.58. The van der Waals surface area contributed by atoms with Crippen molar-refractivity contribution in [2.24, 2.45) is 0 Å². The molecule has 0 aliphatic heterocycles. The fourth-order valence-corrected chi connectivity index (χ4v) is 2.11. The monoisotopic (exact) mass is 235 g/mol. The Balaban J connectivity index is 1.85. The van der Waals surface area contributed by atoms with Crippen molar-refractivity contribution in [1.29, 1.82) is 0 Å². The molecule has 0 fully saturated rings. The highest BCUT2D eigenvalue weighted by molar-refractivity contribution is 7.98. The Labute approximate surface area is 100 Å². The Morgan fingerprint density at radius 1 is 1.31 bits per heavy atom. The van der Waals surface area contributed by atoms with Gasteiger partial charge in [0.25, 0.3) is 0 Å². The van der Waals surface area contributed by atoms with Gasteiger partial charge in [-0.1, -0.05) is 12.1 Å². The van der Waals surface area contributed by atoms with E-state index < -0.39 is 0 Å². The van der Waals surface area contributed by atoms with E-state index in [1.54, 1.807) is 0 Å². The number of unbranched alkanes of at least 4 members (excludes halogenated alkanes) is 1. The number of benzene rings is 1. The largest absolute Gasteiger partial charge is 0.356 e. The number of para-hydroxylation sites is 2. The standard InChI is InChI=1S/C12H17N3S/c1-16-9-5-4-8-13-12-14-10-6-2-3-7-11(10)15-12/h2-3,6-7H,4-5,8-9H2,1H3,(H2,13,14,15). The van der Waals surface area contributed by atoms with Crippen molar-refractivity contribution in [3.63, 3.8) is 0 Å². The van der Waals surface area contributed by atoms with Crippen LogP contribution in [0.25, 0.3) is 11.0 Å². The van der Waals surface area contributed by atoms with E-state index in [2.05, 4.69) is 21.5 Å². The summed E-state index contributed by atoms with van der Waals surface area (Å²) in [5.74, 6) is 2.12. The van der Waals surface area contributed by atoms with Crippen molar-refractivity contribution in [2.75, 3.05) is 23.9 Å².